The molecule has 0 spiro atoms. The minimum Gasteiger partial charge on any atom is -0.486 e. The number of hydrogen-bond acceptors (Lipinski definition) is 6. The smallest absolute Gasteiger partial charge is 0.486 e. The van der Waals surface area contributed by atoms with Crippen molar-refractivity contribution in [3.8, 4) is 17.2 Å². The fourth-order valence-corrected chi connectivity index (χ4v) is 4.20. The van der Waals surface area contributed by atoms with E-state index in [0.29, 0.717) is 42.4 Å². The molecule has 1 saturated heterocycles. The summed E-state index contributed by atoms with van der Waals surface area (Å²) in [6.07, 6.45) is -3.68. The zero-order chi connectivity index (χ0) is 24.1. The fourth-order valence-electron chi connectivity index (χ4n) is 4.20. The largest absolute Gasteiger partial charge is 0.573 e. The highest BCUT2D eigenvalue weighted by atomic mass is 19.4. The lowest BCUT2D eigenvalue weighted by atomic mass is 10.0. The van der Waals surface area contributed by atoms with Crippen LogP contribution in [0, 0.1) is 0 Å². The number of aliphatic hydroxyl groups excluding tert-OH is 1. The van der Waals surface area contributed by atoms with Crippen LogP contribution in [0.15, 0.2) is 42.5 Å². The molecule has 7 nitrogen and oxygen atoms in total. The number of hydrogen-bond donors (Lipinski definition) is 2. The summed E-state index contributed by atoms with van der Waals surface area (Å²) in [4.78, 5) is 15.0. The summed E-state index contributed by atoms with van der Waals surface area (Å²) in [5.41, 5.74) is 1.13. The number of fused-ring (bicyclic) bond motifs is 1. The normalized spacial score (nSPS) is 17.8. The van der Waals surface area contributed by atoms with Gasteiger partial charge in [0, 0.05) is 6.54 Å². The number of alkyl halides is 3. The summed E-state index contributed by atoms with van der Waals surface area (Å²) in [6, 6.07) is 9.79. The van der Waals surface area contributed by atoms with Crippen LogP contribution in [0.2, 0.25) is 0 Å². The van der Waals surface area contributed by atoms with E-state index in [1.165, 1.54) is 24.3 Å². The molecule has 1 amide bonds. The highest BCUT2D eigenvalue weighted by Gasteiger charge is 2.31. The van der Waals surface area contributed by atoms with Crippen molar-refractivity contribution < 1.29 is 37.3 Å². The molecule has 2 aromatic rings. The van der Waals surface area contributed by atoms with Crippen molar-refractivity contribution in [2.45, 2.75) is 37.8 Å². The van der Waals surface area contributed by atoms with Gasteiger partial charge >= 0.3 is 6.36 Å². The number of likely N-dealkylation sites (tertiary alicyclic amines) is 1. The topological polar surface area (TPSA) is 80.3 Å². The van der Waals surface area contributed by atoms with Gasteiger partial charge in [0.05, 0.1) is 12.5 Å². The number of nitrogens with zero attached hydrogens (tertiary/aromatic N) is 1. The maximum Gasteiger partial charge on any atom is 0.573 e. The molecular formula is C24H27F3N2O5. The van der Waals surface area contributed by atoms with Gasteiger partial charge in [-0.25, -0.2) is 0 Å². The first-order valence-corrected chi connectivity index (χ1v) is 11.2. The van der Waals surface area contributed by atoms with Crippen molar-refractivity contribution in [3.63, 3.8) is 0 Å². The molecule has 10 heteroatoms. The first-order valence-electron chi connectivity index (χ1n) is 11.2. The minimum absolute atomic E-state index is 0.0450. The molecule has 184 valence electrons. The van der Waals surface area contributed by atoms with Gasteiger partial charge in [0.15, 0.2) is 11.5 Å². The van der Waals surface area contributed by atoms with Gasteiger partial charge in [0.25, 0.3) is 0 Å². The molecule has 0 bridgehead atoms. The number of aliphatic hydroxyl groups is 1. The summed E-state index contributed by atoms with van der Waals surface area (Å²) >= 11 is 0. The van der Waals surface area contributed by atoms with Crippen LogP contribution in [-0.4, -0.2) is 61.2 Å². The Hall–Kier alpha value is -2.98. The molecule has 2 aliphatic heterocycles. The van der Waals surface area contributed by atoms with Crippen LogP contribution in [0.3, 0.4) is 0 Å². The van der Waals surface area contributed by atoms with E-state index in [2.05, 4.69) is 15.0 Å². The van der Waals surface area contributed by atoms with E-state index in [1.54, 1.807) is 18.2 Å². The number of nitrogens with one attached hydrogen (secondary N) is 1. The highest BCUT2D eigenvalue weighted by Crippen LogP contribution is 2.33. The molecule has 0 aliphatic carbocycles. The predicted octanol–water partition coefficient (Wildman–Crippen LogP) is 3.21. The Bertz CT molecular complexity index is 978. The summed E-state index contributed by atoms with van der Waals surface area (Å²) in [5, 5.41) is 14.1. The molecule has 0 aromatic heterocycles. The lowest BCUT2D eigenvalue weighted by molar-refractivity contribution is -0.274. The number of rotatable bonds is 8. The van der Waals surface area contributed by atoms with Crippen LogP contribution in [0.5, 0.6) is 17.2 Å². The van der Waals surface area contributed by atoms with Gasteiger partial charge in [-0.3, -0.25) is 4.79 Å². The van der Waals surface area contributed by atoms with Crippen LogP contribution in [0.1, 0.15) is 30.1 Å². The maximum absolute atomic E-state index is 12.8. The van der Waals surface area contributed by atoms with Crippen molar-refractivity contribution in [2.75, 3.05) is 32.8 Å². The van der Waals surface area contributed by atoms with Crippen LogP contribution >= 0.6 is 0 Å². The Balaban J connectivity index is 1.43. The van der Waals surface area contributed by atoms with Gasteiger partial charge < -0.3 is 29.5 Å². The molecular weight excluding hydrogens is 453 g/mol. The third kappa shape index (κ3) is 6.54. The molecule has 2 N–H and O–H groups in total. The number of benzene rings is 2. The van der Waals surface area contributed by atoms with E-state index in [4.69, 9.17) is 9.47 Å². The van der Waals surface area contributed by atoms with E-state index in [-0.39, 0.29) is 18.1 Å². The molecule has 2 heterocycles. The Morgan fingerprint density at radius 3 is 2.41 bits per heavy atom. The van der Waals surface area contributed by atoms with Gasteiger partial charge in [-0.05, 0) is 61.3 Å². The monoisotopic (exact) mass is 480 g/mol. The van der Waals surface area contributed by atoms with Crippen molar-refractivity contribution in [2.24, 2.45) is 0 Å². The zero-order valence-electron chi connectivity index (χ0n) is 18.5. The second-order valence-corrected chi connectivity index (χ2v) is 8.40. The standard InChI is InChI=1S/C24H27F3N2O5/c25-24(26,27)34-18-6-3-16(4-7-18)13-22(30)28-19(15-29-9-1-2-10-29)23(31)17-5-8-20-21(14-17)33-12-11-32-20/h3-8,14,19,23,31H,1-2,9-13,15H2,(H,28,30). The number of carbonyl (C=O) groups excluding carboxylic acids is 1. The molecule has 4 rings (SSSR count). The Labute approximate surface area is 195 Å². The average molecular weight is 480 g/mol. The number of carbonyl (C=O) groups is 1. The van der Waals surface area contributed by atoms with Gasteiger partial charge in [-0.1, -0.05) is 18.2 Å². The molecule has 2 aliphatic rings. The van der Waals surface area contributed by atoms with Gasteiger partial charge in [0.2, 0.25) is 5.91 Å². The highest BCUT2D eigenvalue weighted by molar-refractivity contribution is 5.79. The Kier molecular flexibility index (Phi) is 7.47. The van der Waals surface area contributed by atoms with Gasteiger partial charge in [-0.2, -0.15) is 0 Å². The van der Waals surface area contributed by atoms with Crippen molar-refractivity contribution in [1.82, 2.24) is 10.2 Å². The van der Waals surface area contributed by atoms with E-state index < -0.39 is 18.5 Å². The van der Waals surface area contributed by atoms with Crippen LogP contribution in [0.4, 0.5) is 13.2 Å². The second kappa shape index (κ2) is 10.5. The number of amides is 1. The van der Waals surface area contributed by atoms with Gasteiger partial charge in [-0.15, -0.1) is 13.2 Å². The summed E-state index contributed by atoms with van der Waals surface area (Å²) in [6.45, 7) is 3.14. The molecule has 34 heavy (non-hydrogen) atoms. The first kappa shape index (κ1) is 24.2. The quantitative estimate of drug-likeness (QED) is 0.604. The zero-order valence-corrected chi connectivity index (χ0v) is 18.5. The van der Waals surface area contributed by atoms with E-state index in [0.717, 1.165) is 25.9 Å². The molecule has 0 saturated carbocycles. The molecule has 2 atom stereocenters. The lowest BCUT2D eigenvalue weighted by Crippen LogP contribution is -2.47. The SMILES string of the molecule is O=C(Cc1ccc(OC(F)(F)F)cc1)NC(CN1CCCC1)C(O)c1ccc2c(c1)OCCO2. The molecule has 0 radical (unpaired) electrons. The maximum atomic E-state index is 12.8. The average Bonchev–Trinajstić information content (AvgIpc) is 3.31. The second-order valence-electron chi connectivity index (χ2n) is 8.40. The van der Waals surface area contributed by atoms with Crippen molar-refractivity contribution in [3.05, 3.63) is 53.6 Å². The summed E-state index contributed by atoms with van der Waals surface area (Å²) < 4.78 is 52.0. The van der Waals surface area contributed by atoms with E-state index >= 15 is 0 Å². The van der Waals surface area contributed by atoms with E-state index in [9.17, 15) is 23.1 Å². The first-order chi connectivity index (χ1) is 16.3. The number of ether oxygens (including phenoxy) is 3. The minimum atomic E-state index is -4.77. The Morgan fingerprint density at radius 2 is 1.74 bits per heavy atom. The molecule has 2 unspecified atom stereocenters. The van der Waals surface area contributed by atoms with Crippen LogP contribution in [0.25, 0.3) is 0 Å². The molecule has 2 aromatic carbocycles. The number of halogens is 3. The van der Waals surface area contributed by atoms with Crippen LogP contribution in [-0.2, 0) is 11.2 Å². The van der Waals surface area contributed by atoms with Crippen LogP contribution < -0.4 is 19.5 Å². The lowest BCUT2D eigenvalue weighted by Gasteiger charge is -2.29. The molecule has 1 fully saturated rings. The van der Waals surface area contributed by atoms with Gasteiger partial charge in [0.1, 0.15) is 25.1 Å². The van der Waals surface area contributed by atoms with E-state index in [1.807, 2.05) is 0 Å². The third-order valence-corrected chi connectivity index (χ3v) is 5.81. The fraction of sp³-hybridized carbons (Fsp3) is 0.458. The Morgan fingerprint density at radius 1 is 1.06 bits per heavy atom. The summed E-state index contributed by atoms with van der Waals surface area (Å²) in [7, 11) is 0. The van der Waals surface area contributed by atoms with Crippen molar-refractivity contribution >= 4 is 5.91 Å². The summed E-state index contributed by atoms with van der Waals surface area (Å²) in [5.74, 6) is 0.471. The van der Waals surface area contributed by atoms with Crippen molar-refractivity contribution in [1.29, 1.82) is 0 Å². The predicted molar refractivity (Wildman–Crippen MR) is 117 cm³/mol. The third-order valence-electron chi connectivity index (χ3n) is 5.81.